The summed E-state index contributed by atoms with van der Waals surface area (Å²) < 4.78 is 0. The van der Waals surface area contributed by atoms with Crippen LogP contribution in [0, 0.1) is 0 Å². The minimum Gasteiger partial charge on any atom is -0.378 e. The van der Waals surface area contributed by atoms with Gasteiger partial charge in [-0.3, -0.25) is 9.89 Å². The number of guanidine groups is 1. The first-order valence-corrected chi connectivity index (χ1v) is 11.2. The van der Waals surface area contributed by atoms with Crippen molar-refractivity contribution >= 4 is 11.6 Å². The normalized spacial score (nSPS) is 15.8. The third-order valence-corrected chi connectivity index (χ3v) is 5.64. The van der Waals surface area contributed by atoms with Crippen LogP contribution in [-0.2, 0) is 13.0 Å². The molecule has 2 aromatic rings. The summed E-state index contributed by atoms with van der Waals surface area (Å²) >= 11 is 0. The first-order valence-electron chi connectivity index (χ1n) is 11.2. The Labute approximate surface area is 182 Å². The lowest BCUT2D eigenvalue weighted by molar-refractivity contribution is 0.198. The molecule has 3 rings (SSSR count). The second kappa shape index (κ2) is 11.6. The lowest BCUT2D eigenvalue weighted by Crippen LogP contribution is -2.48. The molecule has 162 valence electrons. The third-order valence-electron chi connectivity index (χ3n) is 5.64. The maximum absolute atomic E-state index is 4.82. The topological polar surface area (TPSA) is 42.9 Å². The van der Waals surface area contributed by atoms with Crippen LogP contribution in [0.5, 0.6) is 0 Å². The molecule has 0 bridgehead atoms. The zero-order chi connectivity index (χ0) is 21.2. The largest absolute Gasteiger partial charge is 0.378 e. The third kappa shape index (κ3) is 7.06. The number of benzene rings is 2. The molecule has 2 N–H and O–H groups in total. The summed E-state index contributed by atoms with van der Waals surface area (Å²) in [6, 6.07) is 20.0. The quantitative estimate of drug-likeness (QED) is 0.519. The Balaban J connectivity index is 1.44. The molecule has 0 aromatic heterocycles. The van der Waals surface area contributed by atoms with Crippen LogP contribution in [0.2, 0.25) is 0 Å². The van der Waals surface area contributed by atoms with Gasteiger partial charge in [0.15, 0.2) is 5.96 Å². The van der Waals surface area contributed by atoms with Gasteiger partial charge < -0.3 is 15.5 Å². The number of aliphatic imine (C=N–C) groups is 1. The van der Waals surface area contributed by atoms with Gasteiger partial charge in [0, 0.05) is 58.5 Å². The van der Waals surface area contributed by atoms with E-state index in [0.717, 1.165) is 57.9 Å². The van der Waals surface area contributed by atoms with Crippen molar-refractivity contribution in [2.75, 3.05) is 45.2 Å². The smallest absolute Gasteiger partial charge is 0.191 e. The number of rotatable bonds is 8. The molecule has 0 radical (unpaired) electrons. The van der Waals surface area contributed by atoms with Crippen molar-refractivity contribution in [1.29, 1.82) is 0 Å². The van der Waals surface area contributed by atoms with Gasteiger partial charge in [0.05, 0.1) is 0 Å². The summed E-state index contributed by atoms with van der Waals surface area (Å²) in [7, 11) is 4.14. The first-order chi connectivity index (χ1) is 14.6. The van der Waals surface area contributed by atoms with Crippen molar-refractivity contribution in [3.05, 3.63) is 65.7 Å². The van der Waals surface area contributed by atoms with Crippen molar-refractivity contribution in [1.82, 2.24) is 15.5 Å². The van der Waals surface area contributed by atoms with E-state index >= 15 is 0 Å². The minimum absolute atomic E-state index is 0.495. The molecule has 30 heavy (non-hydrogen) atoms. The molecule has 1 aliphatic rings. The summed E-state index contributed by atoms with van der Waals surface area (Å²) in [6.45, 7) is 7.11. The van der Waals surface area contributed by atoms with Crippen LogP contribution in [0.25, 0.3) is 0 Å². The molecular formula is C25H37N5. The molecule has 1 heterocycles. The molecule has 0 saturated carbocycles. The van der Waals surface area contributed by atoms with Crippen molar-refractivity contribution in [2.45, 2.75) is 38.8 Å². The molecule has 1 fully saturated rings. The average molecular weight is 408 g/mol. The molecular weight excluding hydrogens is 370 g/mol. The van der Waals surface area contributed by atoms with Crippen LogP contribution >= 0.6 is 0 Å². The average Bonchev–Trinajstić information content (AvgIpc) is 2.76. The Morgan fingerprint density at radius 1 is 1.00 bits per heavy atom. The lowest BCUT2D eigenvalue weighted by Gasteiger charge is -2.33. The van der Waals surface area contributed by atoms with Gasteiger partial charge in [0.1, 0.15) is 0 Å². The van der Waals surface area contributed by atoms with Crippen LogP contribution in [0.15, 0.2) is 59.6 Å². The number of likely N-dealkylation sites (tertiary alicyclic amines) is 1. The van der Waals surface area contributed by atoms with E-state index in [1.165, 1.54) is 16.8 Å². The highest BCUT2D eigenvalue weighted by Gasteiger charge is 2.20. The molecule has 0 aliphatic carbocycles. The highest BCUT2D eigenvalue weighted by molar-refractivity contribution is 5.80. The standard InChI is InChI=1S/C25H37N5/c1-4-26-25(27-17-14-21-10-12-24(13-11-21)29(2)3)28-23-15-18-30(19-16-23)20-22-8-6-5-7-9-22/h5-13,23H,4,14-20H2,1-3H3,(H2,26,27,28). The Morgan fingerprint density at radius 3 is 2.33 bits per heavy atom. The molecule has 5 heteroatoms. The second-order valence-electron chi connectivity index (χ2n) is 8.25. The molecule has 0 unspecified atom stereocenters. The highest BCUT2D eigenvalue weighted by atomic mass is 15.2. The number of nitrogens with one attached hydrogen (secondary N) is 2. The molecule has 0 atom stereocenters. The van der Waals surface area contributed by atoms with E-state index in [1.54, 1.807) is 0 Å². The van der Waals surface area contributed by atoms with E-state index in [2.05, 4.69) is 96.0 Å². The fourth-order valence-corrected chi connectivity index (χ4v) is 3.85. The van der Waals surface area contributed by atoms with Crippen molar-refractivity contribution in [3.63, 3.8) is 0 Å². The Bertz CT molecular complexity index is 762. The van der Waals surface area contributed by atoms with E-state index in [4.69, 9.17) is 4.99 Å². The summed E-state index contributed by atoms with van der Waals surface area (Å²) in [5.41, 5.74) is 3.96. The molecule has 0 spiro atoms. The van der Waals surface area contributed by atoms with E-state index in [9.17, 15) is 0 Å². The van der Waals surface area contributed by atoms with Gasteiger partial charge in [-0.25, -0.2) is 0 Å². The number of hydrogen-bond donors (Lipinski definition) is 2. The van der Waals surface area contributed by atoms with E-state index in [-0.39, 0.29) is 0 Å². The predicted octanol–water partition coefficient (Wildman–Crippen LogP) is 3.51. The number of hydrogen-bond acceptors (Lipinski definition) is 3. The van der Waals surface area contributed by atoms with Crippen LogP contribution in [0.1, 0.15) is 30.9 Å². The molecule has 1 saturated heterocycles. The molecule has 2 aromatic carbocycles. The summed E-state index contributed by atoms with van der Waals surface area (Å²) in [4.78, 5) is 9.49. The van der Waals surface area contributed by atoms with E-state index < -0.39 is 0 Å². The number of nitrogens with zero attached hydrogens (tertiary/aromatic N) is 3. The van der Waals surface area contributed by atoms with Gasteiger partial charge in [-0.05, 0) is 49.4 Å². The van der Waals surface area contributed by atoms with Gasteiger partial charge in [0.2, 0.25) is 0 Å². The van der Waals surface area contributed by atoms with Gasteiger partial charge >= 0.3 is 0 Å². The van der Waals surface area contributed by atoms with Gasteiger partial charge in [-0.15, -0.1) is 0 Å². The van der Waals surface area contributed by atoms with Crippen molar-refractivity contribution in [3.8, 4) is 0 Å². The fourth-order valence-electron chi connectivity index (χ4n) is 3.85. The second-order valence-corrected chi connectivity index (χ2v) is 8.25. The van der Waals surface area contributed by atoms with Crippen LogP contribution in [-0.4, -0.2) is 57.2 Å². The predicted molar refractivity (Wildman–Crippen MR) is 128 cm³/mol. The SMILES string of the molecule is CCNC(=NCCc1ccc(N(C)C)cc1)NC1CCN(Cc2ccccc2)CC1. The zero-order valence-corrected chi connectivity index (χ0v) is 18.8. The lowest BCUT2D eigenvalue weighted by atomic mass is 10.0. The number of anilines is 1. The van der Waals surface area contributed by atoms with Crippen molar-refractivity contribution < 1.29 is 0 Å². The van der Waals surface area contributed by atoms with Crippen LogP contribution in [0.3, 0.4) is 0 Å². The summed E-state index contributed by atoms with van der Waals surface area (Å²) in [6.07, 6.45) is 3.27. The van der Waals surface area contributed by atoms with E-state index in [0.29, 0.717) is 6.04 Å². The van der Waals surface area contributed by atoms with Gasteiger partial charge in [-0.2, -0.15) is 0 Å². The summed E-state index contributed by atoms with van der Waals surface area (Å²) in [5.74, 6) is 0.948. The van der Waals surface area contributed by atoms with E-state index in [1.807, 2.05) is 0 Å². The van der Waals surface area contributed by atoms with Gasteiger partial charge in [0.25, 0.3) is 0 Å². The van der Waals surface area contributed by atoms with Crippen LogP contribution < -0.4 is 15.5 Å². The molecule has 1 aliphatic heterocycles. The maximum atomic E-state index is 4.82. The number of piperidine rings is 1. The monoisotopic (exact) mass is 407 g/mol. The zero-order valence-electron chi connectivity index (χ0n) is 18.8. The summed E-state index contributed by atoms with van der Waals surface area (Å²) in [5, 5.41) is 7.07. The van der Waals surface area contributed by atoms with Crippen molar-refractivity contribution in [2.24, 2.45) is 4.99 Å². The Hall–Kier alpha value is -2.53. The minimum atomic E-state index is 0.495. The Kier molecular flexibility index (Phi) is 8.57. The Morgan fingerprint density at radius 2 is 1.70 bits per heavy atom. The fraction of sp³-hybridized carbons (Fsp3) is 0.480. The molecule has 0 amide bonds. The van der Waals surface area contributed by atoms with Crippen LogP contribution in [0.4, 0.5) is 5.69 Å². The maximum Gasteiger partial charge on any atom is 0.191 e. The first kappa shape index (κ1) is 22.2. The molecule has 5 nitrogen and oxygen atoms in total. The van der Waals surface area contributed by atoms with Gasteiger partial charge in [-0.1, -0.05) is 42.5 Å². The highest BCUT2D eigenvalue weighted by Crippen LogP contribution is 2.14.